The first-order chi connectivity index (χ1) is 16.7. The Morgan fingerprint density at radius 2 is 1.71 bits per heavy atom. The Hall–Kier alpha value is -3.56. The van der Waals surface area contributed by atoms with E-state index < -0.39 is 12.1 Å². The fraction of sp³-hybridized carbons (Fsp3) is 0.520. The van der Waals surface area contributed by atoms with Crippen LogP contribution in [-0.4, -0.2) is 76.1 Å². The van der Waals surface area contributed by atoms with Gasteiger partial charge < -0.3 is 19.5 Å². The number of nitrogens with zero attached hydrogens (tertiary/aromatic N) is 4. The van der Waals surface area contributed by atoms with Gasteiger partial charge in [-0.05, 0) is 56.7 Å². The number of amides is 5. The van der Waals surface area contributed by atoms with Crippen LogP contribution >= 0.6 is 0 Å². The molecule has 5 amide bonds. The molecule has 5 rings (SSSR count). The summed E-state index contributed by atoms with van der Waals surface area (Å²) in [6.07, 6.45) is 3.65. The van der Waals surface area contributed by atoms with E-state index in [0.717, 1.165) is 30.2 Å². The van der Waals surface area contributed by atoms with Gasteiger partial charge in [0.2, 0.25) is 5.91 Å². The number of fused-ring (bicyclic) bond motifs is 1. The molecule has 0 radical (unpaired) electrons. The van der Waals surface area contributed by atoms with E-state index >= 15 is 0 Å². The number of carbonyl (C=O) groups is 4. The zero-order valence-electron chi connectivity index (χ0n) is 20.1. The van der Waals surface area contributed by atoms with E-state index in [0.29, 0.717) is 37.4 Å². The molecule has 0 saturated carbocycles. The second kappa shape index (κ2) is 8.58. The van der Waals surface area contributed by atoms with Gasteiger partial charge in [0.1, 0.15) is 0 Å². The number of anilines is 1. The van der Waals surface area contributed by atoms with Crippen LogP contribution in [0.5, 0.6) is 0 Å². The van der Waals surface area contributed by atoms with Crippen LogP contribution in [0.2, 0.25) is 0 Å². The molecule has 1 spiro atoms. The van der Waals surface area contributed by atoms with Crippen LogP contribution in [0.25, 0.3) is 10.9 Å². The van der Waals surface area contributed by atoms with Crippen molar-refractivity contribution in [3.05, 3.63) is 30.0 Å². The van der Waals surface area contributed by atoms with E-state index in [-0.39, 0.29) is 36.2 Å². The van der Waals surface area contributed by atoms with Crippen molar-refractivity contribution in [1.29, 1.82) is 0 Å². The lowest BCUT2D eigenvalue weighted by Crippen LogP contribution is -2.49. The lowest BCUT2D eigenvalue weighted by atomic mass is 9.78. The topological polar surface area (TPSA) is 115 Å². The van der Waals surface area contributed by atoms with Gasteiger partial charge in [-0.3, -0.25) is 19.8 Å². The Kier molecular flexibility index (Phi) is 5.69. The number of hydrogen-bond acceptors (Lipinski definition) is 4. The van der Waals surface area contributed by atoms with Crippen molar-refractivity contribution < 1.29 is 24.3 Å². The quantitative estimate of drug-likeness (QED) is 0.698. The number of piperidine rings is 1. The smallest absolute Gasteiger partial charge is 0.407 e. The first kappa shape index (κ1) is 23.2. The molecule has 10 heteroatoms. The van der Waals surface area contributed by atoms with Gasteiger partial charge in [0.25, 0.3) is 5.91 Å². The maximum Gasteiger partial charge on any atom is 0.407 e. The van der Waals surface area contributed by atoms with Crippen LogP contribution in [0, 0.1) is 5.41 Å². The molecule has 3 aliphatic rings. The monoisotopic (exact) mass is 481 g/mol. The minimum absolute atomic E-state index is 0.0419. The molecule has 0 atom stereocenters. The number of urea groups is 1. The van der Waals surface area contributed by atoms with E-state index in [1.807, 2.05) is 23.2 Å². The van der Waals surface area contributed by atoms with E-state index in [4.69, 9.17) is 0 Å². The molecule has 35 heavy (non-hydrogen) atoms. The maximum absolute atomic E-state index is 13.7. The van der Waals surface area contributed by atoms with Crippen LogP contribution < -0.4 is 10.2 Å². The van der Waals surface area contributed by atoms with Crippen molar-refractivity contribution in [2.45, 2.75) is 45.6 Å². The fourth-order valence-electron chi connectivity index (χ4n) is 5.71. The van der Waals surface area contributed by atoms with E-state index in [1.54, 1.807) is 6.07 Å². The number of aromatic nitrogens is 1. The van der Waals surface area contributed by atoms with Crippen LogP contribution in [0.4, 0.5) is 15.3 Å². The Morgan fingerprint density at radius 3 is 2.34 bits per heavy atom. The number of likely N-dealkylation sites (tertiary alicyclic amines) is 2. The molecule has 3 aliphatic heterocycles. The SMILES string of the molecule is CC(C)n1ccc2c(N3CCC(=O)NC3=O)cc(C(=O)N3CCC4(CCN(C(=O)O)CC4)C3)cc21. The summed E-state index contributed by atoms with van der Waals surface area (Å²) in [6, 6.07) is 5.30. The van der Waals surface area contributed by atoms with Crippen LogP contribution in [0.15, 0.2) is 24.4 Å². The molecule has 1 aromatic carbocycles. The first-order valence-electron chi connectivity index (χ1n) is 12.2. The zero-order chi connectivity index (χ0) is 24.9. The second-order valence-corrected chi connectivity index (χ2v) is 10.2. The number of hydrogen-bond donors (Lipinski definition) is 2. The Labute approximate surface area is 203 Å². The van der Waals surface area contributed by atoms with Gasteiger partial charge in [-0.1, -0.05) is 0 Å². The lowest BCUT2D eigenvalue weighted by Gasteiger charge is -2.38. The summed E-state index contributed by atoms with van der Waals surface area (Å²) in [6.45, 7) is 6.62. The molecular formula is C25H31N5O5. The van der Waals surface area contributed by atoms with Crippen LogP contribution in [0.1, 0.15) is 55.9 Å². The molecular weight excluding hydrogens is 450 g/mol. The minimum atomic E-state index is -0.886. The summed E-state index contributed by atoms with van der Waals surface area (Å²) in [5.41, 5.74) is 1.96. The molecule has 3 saturated heterocycles. The number of benzene rings is 1. The predicted octanol–water partition coefficient (Wildman–Crippen LogP) is 3.27. The van der Waals surface area contributed by atoms with Gasteiger partial charge in [0.05, 0.1) is 11.2 Å². The number of imide groups is 1. The van der Waals surface area contributed by atoms with Gasteiger partial charge >= 0.3 is 12.1 Å². The van der Waals surface area contributed by atoms with Crippen molar-refractivity contribution in [3.8, 4) is 0 Å². The molecule has 1 aromatic heterocycles. The Bertz CT molecular complexity index is 1210. The molecule has 10 nitrogen and oxygen atoms in total. The molecule has 0 unspecified atom stereocenters. The average molecular weight is 482 g/mol. The van der Waals surface area contributed by atoms with Crippen LogP contribution in [-0.2, 0) is 4.79 Å². The molecule has 2 N–H and O–H groups in total. The molecule has 186 valence electrons. The van der Waals surface area contributed by atoms with E-state index in [1.165, 1.54) is 9.80 Å². The van der Waals surface area contributed by atoms with Crippen molar-refractivity contribution in [3.63, 3.8) is 0 Å². The summed E-state index contributed by atoms with van der Waals surface area (Å²) in [4.78, 5) is 54.2. The second-order valence-electron chi connectivity index (χ2n) is 10.2. The van der Waals surface area contributed by atoms with Gasteiger partial charge in [-0.25, -0.2) is 9.59 Å². The van der Waals surface area contributed by atoms with E-state index in [9.17, 15) is 24.3 Å². The van der Waals surface area contributed by atoms with Crippen molar-refractivity contribution in [1.82, 2.24) is 19.7 Å². The molecule has 4 heterocycles. The largest absolute Gasteiger partial charge is 0.465 e. The maximum atomic E-state index is 13.7. The highest BCUT2D eigenvalue weighted by Gasteiger charge is 2.43. The summed E-state index contributed by atoms with van der Waals surface area (Å²) in [7, 11) is 0. The number of carbonyl (C=O) groups excluding carboxylic acids is 3. The zero-order valence-corrected chi connectivity index (χ0v) is 20.1. The summed E-state index contributed by atoms with van der Waals surface area (Å²) < 4.78 is 2.08. The van der Waals surface area contributed by atoms with Crippen LogP contribution in [0.3, 0.4) is 0 Å². The van der Waals surface area contributed by atoms with Gasteiger partial charge in [0.15, 0.2) is 0 Å². The van der Waals surface area contributed by atoms with Crippen molar-refractivity contribution in [2.24, 2.45) is 5.41 Å². The van der Waals surface area contributed by atoms with Gasteiger partial charge in [-0.2, -0.15) is 0 Å². The minimum Gasteiger partial charge on any atom is -0.465 e. The summed E-state index contributed by atoms with van der Waals surface area (Å²) in [5.74, 6) is -0.388. The Morgan fingerprint density at radius 1 is 1.03 bits per heavy atom. The predicted molar refractivity (Wildman–Crippen MR) is 130 cm³/mol. The molecule has 3 fully saturated rings. The fourth-order valence-corrected chi connectivity index (χ4v) is 5.71. The third-order valence-electron chi connectivity index (χ3n) is 7.78. The summed E-state index contributed by atoms with van der Waals surface area (Å²) >= 11 is 0. The highest BCUT2D eigenvalue weighted by Crippen LogP contribution is 2.41. The number of nitrogens with one attached hydrogen (secondary N) is 1. The molecule has 2 aromatic rings. The highest BCUT2D eigenvalue weighted by atomic mass is 16.4. The average Bonchev–Trinajstić information content (AvgIpc) is 3.43. The van der Waals surface area contributed by atoms with Gasteiger partial charge in [-0.15, -0.1) is 0 Å². The number of rotatable bonds is 3. The van der Waals surface area contributed by atoms with E-state index in [2.05, 4.69) is 23.7 Å². The molecule has 0 bridgehead atoms. The third kappa shape index (κ3) is 4.11. The van der Waals surface area contributed by atoms with Crippen molar-refractivity contribution >= 4 is 40.5 Å². The normalized spacial score (nSPS) is 20.3. The molecule has 0 aliphatic carbocycles. The Balaban J connectivity index is 1.45. The highest BCUT2D eigenvalue weighted by molar-refractivity contribution is 6.11. The number of carboxylic acid groups (broad SMARTS) is 1. The summed E-state index contributed by atoms with van der Waals surface area (Å²) in [5, 5.41) is 12.5. The standard InChI is InChI=1S/C25H31N5O5/c1-16(2)29-8-3-18-19(29)13-17(14-20(18)30-9-4-21(31)26-23(30)33)22(32)28-12-7-25(15-28)5-10-27(11-6-25)24(34)35/h3,8,13-14,16H,4-7,9-12,15H2,1-2H3,(H,34,35)(H,26,31,33). The van der Waals surface area contributed by atoms with Gasteiger partial charge in [0, 0.05) is 62.3 Å². The lowest BCUT2D eigenvalue weighted by molar-refractivity contribution is -0.120. The van der Waals surface area contributed by atoms with Crippen molar-refractivity contribution in [2.75, 3.05) is 37.6 Å². The first-order valence-corrected chi connectivity index (χ1v) is 12.2. The third-order valence-corrected chi connectivity index (χ3v) is 7.78.